The van der Waals surface area contributed by atoms with E-state index in [-0.39, 0.29) is 6.54 Å². The Bertz CT molecular complexity index is 408. The van der Waals surface area contributed by atoms with E-state index in [1.165, 1.54) is 0 Å². The molecule has 0 bridgehead atoms. The second-order valence-corrected chi connectivity index (χ2v) is 4.62. The first-order valence-electron chi connectivity index (χ1n) is 6.59. The highest BCUT2D eigenvalue weighted by Gasteiger charge is 2.57. The molecule has 0 amide bonds. The standard InChI is InChI=1S/C14H18F5NO/c1-2-8-20-9-12(11-6-4-3-5-7-11)21-10-13(15,16)14(17,18)19/h3-7,12,20H,2,8-10H2,1H3. The molecule has 2 nitrogen and oxygen atoms in total. The fourth-order valence-corrected chi connectivity index (χ4v) is 1.64. The summed E-state index contributed by atoms with van der Waals surface area (Å²) in [6.07, 6.45) is -5.64. The van der Waals surface area contributed by atoms with E-state index >= 15 is 0 Å². The number of nitrogens with one attached hydrogen (secondary N) is 1. The Morgan fingerprint density at radius 3 is 2.24 bits per heavy atom. The summed E-state index contributed by atoms with van der Waals surface area (Å²) in [7, 11) is 0. The highest BCUT2D eigenvalue weighted by Crippen LogP contribution is 2.36. The number of hydrogen-bond acceptors (Lipinski definition) is 2. The van der Waals surface area contributed by atoms with Crippen LogP contribution in [0.3, 0.4) is 0 Å². The van der Waals surface area contributed by atoms with E-state index < -0.39 is 24.8 Å². The number of benzene rings is 1. The zero-order valence-corrected chi connectivity index (χ0v) is 11.6. The van der Waals surface area contributed by atoms with Gasteiger partial charge in [-0.1, -0.05) is 37.3 Å². The molecule has 1 atom stereocenters. The molecule has 0 aromatic heterocycles. The van der Waals surface area contributed by atoms with Crippen molar-refractivity contribution in [2.24, 2.45) is 0 Å². The van der Waals surface area contributed by atoms with Gasteiger partial charge in [0, 0.05) is 6.54 Å². The average molecular weight is 311 g/mol. The molecule has 0 heterocycles. The van der Waals surface area contributed by atoms with Crippen molar-refractivity contribution in [2.45, 2.75) is 31.5 Å². The second kappa shape index (κ2) is 7.70. The molecule has 0 saturated heterocycles. The van der Waals surface area contributed by atoms with Gasteiger partial charge in [0.15, 0.2) is 0 Å². The molecule has 1 aromatic carbocycles. The lowest BCUT2D eigenvalue weighted by atomic mass is 10.1. The van der Waals surface area contributed by atoms with Crippen LogP contribution in [0.5, 0.6) is 0 Å². The summed E-state index contributed by atoms with van der Waals surface area (Å²) in [6, 6.07) is 8.33. The van der Waals surface area contributed by atoms with Crippen molar-refractivity contribution in [1.29, 1.82) is 0 Å². The highest BCUT2D eigenvalue weighted by molar-refractivity contribution is 5.18. The molecule has 21 heavy (non-hydrogen) atoms. The van der Waals surface area contributed by atoms with Gasteiger partial charge in [-0.2, -0.15) is 22.0 Å². The molecule has 1 aromatic rings. The molecule has 0 aliphatic rings. The van der Waals surface area contributed by atoms with Crippen LogP contribution in [-0.4, -0.2) is 31.8 Å². The van der Waals surface area contributed by atoms with Crippen LogP contribution >= 0.6 is 0 Å². The van der Waals surface area contributed by atoms with Crippen LogP contribution in [0.25, 0.3) is 0 Å². The van der Waals surface area contributed by atoms with Crippen molar-refractivity contribution in [3.8, 4) is 0 Å². The molecule has 0 saturated carbocycles. The van der Waals surface area contributed by atoms with Gasteiger partial charge in [-0.3, -0.25) is 0 Å². The minimum atomic E-state index is -5.61. The summed E-state index contributed by atoms with van der Waals surface area (Å²) < 4.78 is 67.1. The Labute approximate surface area is 120 Å². The van der Waals surface area contributed by atoms with E-state index in [0.29, 0.717) is 12.1 Å². The molecule has 0 aliphatic carbocycles. The summed E-state index contributed by atoms with van der Waals surface area (Å²) in [4.78, 5) is 0. The average Bonchev–Trinajstić information content (AvgIpc) is 2.42. The number of hydrogen-bond donors (Lipinski definition) is 1. The maximum absolute atomic E-state index is 12.9. The molecule has 1 N–H and O–H groups in total. The Balaban J connectivity index is 2.70. The quantitative estimate of drug-likeness (QED) is 0.580. The first-order valence-corrected chi connectivity index (χ1v) is 6.59. The molecule has 7 heteroatoms. The Morgan fingerprint density at radius 1 is 1.10 bits per heavy atom. The molecule has 0 fully saturated rings. The lowest BCUT2D eigenvalue weighted by Gasteiger charge is -2.24. The normalized spacial score (nSPS) is 14.2. The third-order valence-corrected chi connectivity index (χ3v) is 2.81. The van der Waals surface area contributed by atoms with Gasteiger partial charge in [0.1, 0.15) is 6.61 Å². The number of alkyl halides is 5. The highest BCUT2D eigenvalue weighted by atomic mass is 19.4. The van der Waals surface area contributed by atoms with Crippen LogP contribution in [0.15, 0.2) is 30.3 Å². The monoisotopic (exact) mass is 311 g/mol. The van der Waals surface area contributed by atoms with Gasteiger partial charge in [-0.25, -0.2) is 0 Å². The first kappa shape index (κ1) is 17.8. The second-order valence-electron chi connectivity index (χ2n) is 4.62. The number of halogens is 5. The van der Waals surface area contributed by atoms with E-state index in [1.54, 1.807) is 30.3 Å². The van der Waals surface area contributed by atoms with Crippen LogP contribution in [0, 0.1) is 0 Å². The summed E-state index contributed by atoms with van der Waals surface area (Å²) in [6.45, 7) is 1.03. The lowest BCUT2D eigenvalue weighted by Crippen LogP contribution is -2.41. The lowest BCUT2D eigenvalue weighted by molar-refractivity contribution is -0.300. The van der Waals surface area contributed by atoms with E-state index in [9.17, 15) is 22.0 Å². The first-order chi connectivity index (χ1) is 9.78. The van der Waals surface area contributed by atoms with Gasteiger partial charge in [0.05, 0.1) is 6.10 Å². The minimum absolute atomic E-state index is 0.172. The third-order valence-electron chi connectivity index (χ3n) is 2.81. The van der Waals surface area contributed by atoms with Crippen LogP contribution in [0.2, 0.25) is 0 Å². The van der Waals surface area contributed by atoms with Crippen molar-refractivity contribution in [1.82, 2.24) is 5.32 Å². The van der Waals surface area contributed by atoms with Crippen LogP contribution in [0.1, 0.15) is 25.0 Å². The summed E-state index contributed by atoms with van der Waals surface area (Å²) in [5.74, 6) is -4.86. The predicted molar refractivity (Wildman–Crippen MR) is 69.3 cm³/mol. The molecule has 0 spiro atoms. The van der Waals surface area contributed by atoms with Crippen LogP contribution in [0.4, 0.5) is 22.0 Å². The van der Waals surface area contributed by atoms with E-state index in [1.807, 2.05) is 6.92 Å². The van der Waals surface area contributed by atoms with Crippen molar-refractivity contribution in [2.75, 3.05) is 19.7 Å². The van der Waals surface area contributed by atoms with E-state index in [4.69, 9.17) is 4.74 Å². The van der Waals surface area contributed by atoms with Crippen molar-refractivity contribution in [3.63, 3.8) is 0 Å². The third kappa shape index (κ3) is 5.59. The Kier molecular flexibility index (Phi) is 6.54. The largest absolute Gasteiger partial charge is 0.455 e. The topological polar surface area (TPSA) is 21.3 Å². The summed E-state index contributed by atoms with van der Waals surface area (Å²) in [5.41, 5.74) is 0.555. The van der Waals surface area contributed by atoms with Gasteiger partial charge in [-0.05, 0) is 18.5 Å². The number of rotatable bonds is 8. The Morgan fingerprint density at radius 2 is 1.71 bits per heavy atom. The van der Waals surface area contributed by atoms with Crippen LogP contribution < -0.4 is 5.32 Å². The summed E-state index contributed by atoms with van der Waals surface area (Å²) in [5, 5.41) is 2.96. The molecular formula is C14H18F5NO. The Hall–Kier alpha value is -1.21. The van der Waals surface area contributed by atoms with Crippen molar-refractivity contribution in [3.05, 3.63) is 35.9 Å². The fraction of sp³-hybridized carbons (Fsp3) is 0.571. The fourth-order valence-electron chi connectivity index (χ4n) is 1.64. The van der Waals surface area contributed by atoms with Gasteiger partial charge in [0.2, 0.25) is 0 Å². The SMILES string of the molecule is CCCNCC(OCC(F)(F)C(F)(F)F)c1ccccc1. The zero-order valence-electron chi connectivity index (χ0n) is 11.6. The van der Waals surface area contributed by atoms with E-state index in [2.05, 4.69) is 5.32 Å². The molecule has 0 radical (unpaired) electrons. The smallest absolute Gasteiger partial charge is 0.366 e. The van der Waals surface area contributed by atoms with Gasteiger partial charge >= 0.3 is 12.1 Å². The molecule has 120 valence electrons. The molecule has 1 unspecified atom stereocenters. The summed E-state index contributed by atoms with van der Waals surface area (Å²) >= 11 is 0. The predicted octanol–water partition coefficient (Wildman–Crippen LogP) is 3.94. The molecule has 1 rings (SSSR count). The van der Waals surface area contributed by atoms with Crippen LogP contribution in [-0.2, 0) is 4.74 Å². The minimum Gasteiger partial charge on any atom is -0.366 e. The molecule has 0 aliphatic heterocycles. The number of ether oxygens (including phenoxy) is 1. The van der Waals surface area contributed by atoms with Gasteiger partial charge in [0.25, 0.3) is 0 Å². The van der Waals surface area contributed by atoms with Gasteiger partial charge in [-0.15, -0.1) is 0 Å². The van der Waals surface area contributed by atoms with Crippen molar-refractivity contribution < 1.29 is 26.7 Å². The maximum Gasteiger partial charge on any atom is 0.455 e. The maximum atomic E-state index is 12.9. The zero-order chi connectivity index (χ0) is 15.9. The van der Waals surface area contributed by atoms with Crippen molar-refractivity contribution >= 4 is 0 Å². The van der Waals surface area contributed by atoms with E-state index in [0.717, 1.165) is 6.42 Å². The molecular weight excluding hydrogens is 293 g/mol. The van der Waals surface area contributed by atoms with Gasteiger partial charge < -0.3 is 10.1 Å².